The number of ether oxygens (including phenoxy) is 1. The largest absolute Gasteiger partial charge is 0.480 e. The van der Waals surface area contributed by atoms with Crippen molar-refractivity contribution in [3.05, 3.63) is 34.9 Å². The Hall–Kier alpha value is -1.39. The molecule has 0 aliphatic carbocycles. The molecule has 1 aromatic rings. The normalized spacial score (nSPS) is 24.6. The molecule has 0 spiro atoms. The van der Waals surface area contributed by atoms with Crippen LogP contribution in [0.5, 0.6) is 0 Å². The van der Waals surface area contributed by atoms with Crippen LogP contribution in [0.25, 0.3) is 0 Å². The summed E-state index contributed by atoms with van der Waals surface area (Å²) in [5, 5.41) is 11.8. The fourth-order valence-electron chi connectivity index (χ4n) is 2.15. The predicted octanol–water partition coefficient (Wildman–Crippen LogP) is 1.42. The third kappa shape index (κ3) is 2.84. The Morgan fingerprint density at radius 3 is 2.47 bits per heavy atom. The van der Waals surface area contributed by atoms with Crippen molar-refractivity contribution in [1.29, 1.82) is 0 Å². The zero-order valence-electron chi connectivity index (χ0n) is 10.1. The van der Waals surface area contributed by atoms with Gasteiger partial charge in [-0.3, -0.25) is 10.1 Å². The lowest BCUT2D eigenvalue weighted by Gasteiger charge is -2.28. The number of nitrogens with one attached hydrogen (secondary N) is 1. The van der Waals surface area contributed by atoms with E-state index in [1.165, 1.54) is 11.1 Å². The Labute approximate surface area is 101 Å². The molecule has 1 aromatic carbocycles. The fraction of sp³-hybridized carbons (Fsp3) is 0.462. The van der Waals surface area contributed by atoms with Crippen LogP contribution in [0, 0.1) is 13.8 Å². The summed E-state index contributed by atoms with van der Waals surface area (Å²) in [4.78, 5) is 10.8. The van der Waals surface area contributed by atoms with Gasteiger partial charge in [0.25, 0.3) is 0 Å². The molecule has 4 nitrogen and oxygen atoms in total. The summed E-state index contributed by atoms with van der Waals surface area (Å²) in [6.45, 7) is 4.85. The third-order valence-electron chi connectivity index (χ3n) is 2.93. The molecule has 2 atom stereocenters. The number of rotatable bonds is 2. The number of benzene rings is 1. The molecule has 0 radical (unpaired) electrons. The van der Waals surface area contributed by atoms with Crippen LogP contribution >= 0.6 is 0 Å². The Morgan fingerprint density at radius 1 is 1.35 bits per heavy atom. The molecule has 1 fully saturated rings. The summed E-state index contributed by atoms with van der Waals surface area (Å²) < 4.78 is 5.60. The summed E-state index contributed by atoms with van der Waals surface area (Å²) in [5.41, 5.74) is 3.51. The van der Waals surface area contributed by atoms with Crippen LogP contribution < -0.4 is 5.32 Å². The molecule has 0 amide bonds. The highest BCUT2D eigenvalue weighted by Crippen LogP contribution is 2.22. The second kappa shape index (κ2) is 4.85. The Balaban J connectivity index is 2.07. The summed E-state index contributed by atoms with van der Waals surface area (Å²) in [6, 6.07) is 5.69. The van der Waals surface area contributed by atoms with Crippen LogP contribution in [-0.2, 0) is 9.53 Å². The average Bonchev–Trinajstić information content (AvgIpc) is 2.28. The second-order valence-corrected chi connectivity index (χ2v) is 4.54. The maximum absolute atomic E-state index is 10.8. The van der Waals surface area contributed by atoms with Crippen molar-refractivity contribution >= 4 is 5.97 Å². The average molecular weight is 235 g/mol. The van der Waals surface area contributed by atoms with E-state index in [1.807, 2.05) is 13.8 Å². The second-order valence-electron chi connectivity index (χ2n) is 4.54. The molecule has 1 aliphatic rings. The minimum atomic E-state index is -0.858. The van der Waals surface area contributed by atoms with Gasteiger partial charge in [-0.25, -0.2) is 0 Å². The number of hydrogen-bond donors (Lipinski definition) is 2. The standard InChI is InChI=1S/C13H17NO3/c1-8-3-9(2)5-10(4-8)12-6-14-11(7-17-12)13(15)16/h3-5,11-12,14H,6-7H2,1-2H3,(H,15,16). The maximum atomic E-state index is 10.8. The van der Waals surface area contributed by atoms with Crippen molar-refractivity contribution in [3.8, 4) is 0 Å². The van der Waals surface area contributed by atoms with E-state index in [0.717, 1.165) is 5.56 Å². The summed E-state index contributed by atoms with van der Waals surface area (Å²) in [7, 11) is 0. The van der Waals surface area contributed by atoms with E-state index < -0.39 is 12.0 Å². The van der Waals surface area contributed by atoms with Crippen molar-refractivity contribution in [2.24, 2.45) is 0 Å². The number of aliphatic carboxylic acids is 1. The lowest BCUT2D eigenvalue weighted by molar-refractivity contribution is -0.144. The van der Waals surface area contributed by atoms with Crippen molar-refractivity contribution in [1.82, 2.24) is 5.32 Å². The number of carbonyl (C=O) groups is 1. The smallest absolute Gasteiger partial charge is 0.323 e. The van der Waals surface area contributed by atoms with Crippen LogP contribution in [0.2, 0.25) is 0 Å². The summed E-state index contributed by atoms with van der Waals surface area (Å²) >= 11 is 0. The SMILES string of the molecule is Cc1cc(C)cc(C2CNC(C(=O)O)CO2)c1. The van der Waals surface area contributed by atoms with Crippen LogP contribution in [-0.4, -0.2) is 30.3 Å². The molecule has 0 bridgehead atoms. The number of morpholine rings is 1. The minimum Gasteiger partial charge on any atom is -0.480 e. The van der Waals surface area contributed by atoms with Crippen LogP contribution in [0.15, 0.2) is 18.2 Å². The lowest BCUT2D eigenvalue weighted by Crippen LogP contribution is -2.47. The molecule has 17 heavy (non-hydrogen) atoms. The fourth-order valence-corrected chi connectivity index (χ4v) is 2.15. The van der Waals surface area contributed by atoms with Crippen molar-refractivity contribution in [3.63, 3.8) is 0 Å². The van der Waals surface area contributed by atoms with Gasteiger partial charge in [-0.05, 0) is 19.4 Å². The molecule has 2 unspecified atom stereocenters. The molecule has 4 heteroatoms. The van der Waals surface area contributed by atoms with E-state index in [-0.39, 0.29) is 12.7 Å². The van der Waals surface area contributed by atoms with Crippen molar-refractivity contribution in [2.45, 2.75) is 26.0 Å². The van der Waals surface area contributed by atoms with Gasteiger partial charge in [-0.15, -0.1) is 0 Å². The highest BCUT2D eigenvalue weighted by Gasteiger charge is 2.26. The number of aryl methyl sites for hydroxylation is 2. The van der Waals surface area contributed by atoms with Gasteiger partial charge in [-0.1, -0.05) is 29.3 Å². The Morgan fingerprint density at radius 2 is 2.00 bits per heavy atom. The number of carboxylic acid groups (broad SMARTS) is 1. The number of hydrogen-bond acceptors (Lipinski definition) is 3. The first kappa shape index (κ1) is 12.1. The van der Waals surface area contributed by atoms with Crippen LogP contribution in [0.3, 0.4) is 0 Å². The molecule has 0 saturated carbocycles. The van der Waals surface area contributed by atoms with E-state index in [2.05, 4.69) is 23.5 Å². The summed E-state index contributed by atoms with van der Waals surface area (Å²) in [6.07, 6.45) is -0.0517. The Bertz CT molecular complexity index is 402. The first-order valence-electron chi connectivity index (χ1n) is 5.72. The van der Waals surface area contributed by atoms with Gasteiger partial charge < -0.3 is 9.84 Å². The molecule has 0 aromatic heterocycles. The summed E-state index contributed by atoms with van der Waals surface area (Å²) in [5.74, 6) is -0.858. The maximum Gasteiger partial charge on any atom is 0.323 e. The van der Waals surface area contributed by atoms with E-state index in [4.69, 9.17) is 9.84 Å². The quantitative estimate of drug-likeness (QED) is 0.814. The topological polar surface area (TPSA) is 58.6 Å². The molecule has 1 aliphatic heterocycles. The van der Waals surface area contributed by atoms with Gasteiger partial charge >= 0.3 is 5.97 Å². The van der Waals surface area contributed by atoms with E-state index in [1.54, 1.807) is 0 Å². The lowest BCUT2D eigenvalue weighted by atomic mass is 10.0. The van der Waals surface area contributed by atoms with Gasteiger partial charge in [-0.2, -0.15) is 0 Å². The first-order chi connectivity index (χ1) is 8.06. The first-order valence-corrected chi connectivity index (χ1v) is 5.72. The molecular formula is C13H17NO3. The molecule has 92 valence electrons. The zero-order chi connectivity index (χ0) is 12.4. The molecule has 1 saturated heterocycles. The van der Waals surface area contributed by atoms with Gasteiger partial charge in [0.2, 0.25) is 0 Å². The van der Waals surface area contributed by atoms with Crippen molar-refractivity contribution in [2.75, 3.05) is 13.2 Å². The molecular weight excluding hydrogens is 218 g/mol. The zero-order valence-corrected chi connectivity index (χ0v) is 10.1. The molecule has 2 rings (SSSR count). The van der Waals surface area contributed by atoms with Gasteiger partial charge in [0.05, 0.1) is 12.7 Å². The van der Waals surface area contributed by atoms with Gasteiger partial charge in [0, 0.05) is 6.54 Å². The van der Waals surface area contributed by atoms with E-state index in [9.17, 15) is 4.79 Å². The molecule has 1 heterocycles. The monoisotopic (exact) mass is 235 g/mol. The van der Waals surface area contributed by atoms with Crippen molar-refractivity contribution < 1.29 is 14.6 Å². The van der Waals surface area contributed by atoms with Gasteiger partial charge in [0.1, 0.15) is 6.04 Å². The van der Waals surface area contributed by atoms with E-state index >= 15 is 0 Å². The van der Waals surface area contributed by atoms with Crippen LogP contribution in [0.4, 0.5) is 0 Å². The third-order valence-corrected chi connectivity index (χ3v) is 2.93. The van der Waals surface area contributed by atoms with Gasteiger partial charge in [0.15, 0.2) is 0 Å². The number of carboxylic acids is 1. The highest BCUT2D eigenvalue weighted by molar-refractivity contribution is 5.73. The molecule has 2 N–H and O–H groups in total. The van der Waals surface area contributed by atoms with Crippen LogP contribution in [0.1, 0.15) is 22.8 Å². The van der Waals surface area contributed by atoms with E-state index in [0.29, 0.717) is 6.54 Å². The minimum absolute atomic E-state index is 0.0517. The predicted molar refractivity (Wildman–Crippen MR) is 64.0 cm³/mol. The Kier molecular flexibility index (Phi) is 3.45. The highest BCUT2D eigenvalue weighted by atomic mass is 16.5.